The highest BCUT2D eigenvalue weighted by Crippen LogP contribution is 2.35. The molecule has 4 atom stereocenters. The van der Waals surface area contributed by atoms with Crippen LogP contribution in [0.25, 0.3) is 0 Å². The average molecular weight is 234 g/mol. The van der Waals surface area contributed by atoms with Crippen LogP contribution in [0.4, 0.5) is 0 Å². The number of likely N-dealkylation sites (tertiary alicyclic amines) is 1. The smallest absolute Gasteiger partial charge is 0.103 e. The first-order valence-corrected chi connectivity index (χ1v) is 6.70. The van der Waals surface area contributed by atoms with Gasteiger partial charge in [0.05, 0.1) is 19.1 Å². The molecule has 1 heterocycles. The van der Waals surface area contributed by atoms with Gasteiger partial charge in [0.2, 0.25) is 0 Å². The highest BCUT2D eigenvalue weighted by atomic mass is 16.3. The Kier molecular flexibility index (Phi) is 3.55. The van der Waals surface area contributed by atoms with Crippen molar-refractivity contribution in [1.29, 1.82) is 0 Å². The van der Waals surface area contributed by atoms with Crippen LogP contribution < -0.4 is 4.90 Å². The van der Waals surface area contributed by atoms with E-state index in [4.69, 9.17) is 0 Å². The summed E-state index contributed by atoms with van der Waals surface area (Å²) in [7, 11) is 0. The second-order valence-corrected chi connectivity index (χ2v) is 5.51. The highest BCUT2D eigenvalue weighted by molar-refractivity contribution is 5.23. The number of hydrogen-bond acceptors (Lipinski definition) is 1. The fourth-order valence-electron chi connectivity index (χ4n) is 3.20. The van der Waals surface area contributed by atoms with Crippen LogP contribution >= 0.6 is 0 Å². The van der Waals surface area contributed by atoms with E-state index in [2.05, 4.69) is 32.9 Å². The Labute approximate surface area is 104 Å². The Bertz CT molecular complexity index is 364. The Morgan fingerprint density at radius 2 is 1.94 bits per heavy atom. The van der Waals surface area contributed by atoms with Gasteiger partial charge in [-0.05, 0) is 19.4 Å². The van der Waals surface area contributed by atoms with E-state index < -0.39 is 5.60 Å². The maximum absolute atomic E-state index is 11.0. The van der Waals surface area contributed by atoms with Crippen LogP contribution in [0.5, 0.6) is 0 Å². The Hall–Kier alpha value is -0.860. The van der Waals surface area contributed by atoms with Crippen molar-refractivity contribution in [3.05, 3.63) is 35.9 Å². The van der Waals surface area contributed by atoms with Gasteiger partial charge in [0.1, 0.15) is 5.60 Å². The molecule has 2 rings (SSSR count). The van der Waals surface area contributed by atoms with Crippen LogP contribution in [0.15, 0.2) is 30.3 Å². The molecule has 2 nitrogen and oxygen atoms in total. The van der Waals surface area contributed by atoms with E-state index >= 15 is 0 Å². The third-order valence-corrected chi connectivity index (χ3v) is 4.43. The van der Waals surface area contributed by atoms with Crippen LogP contribution in [-0.2, 0) is 5.60 Å². The molecule has 0 bridgehead atoms. The van der Waals surface area contributed by atoms with Gasteiger partial charge in [-0.3, -0.25) is 0 Å². The van der Waals surface area contributed by atoms with Crippen molar-refractivity contribution in [1.82, 2.24) is 0 Å². The summed E-state index contributed by atoms with van der Waals surface area (Å²) < 4.78 is 0. The molecule has 94 valence electrons. The molecule has 0 saturated carbocycles. The Morgan fingerprint density at radius 1 is 1.29 bits per heavy atom. The van der Waals surface area contributed by atoms with Crippen molar-refractivity contribution in [2.75, 3.05) is 13.1 Å². The van der Waals surface area contributed by atoms with Gasteiger partial charge in [-0.15, -0.1) is 0 Å². The zero-order chi connectivity index (χ0) is 12.5. The minimum atomic E-state index is -0.640. The molecule has 0 spiro atoms. The summed E-state index contributed by atoms with van der Waals surface area (Å²) in [5, 5.41) is 11.0. The Morgan fingerprint density at radius 3 is 2.53 bits per heavy atom. The van der Waals surface area contributed by atoms with Gasteiger partial charge in [0.15, 0.2) is 0 Å². The summed E-state index contributed by atoms with van der Waals surface area (Å²) in [6.07, 6.45) is 0.862. The van der Waals surface area contributed by atoms with Crippen molar-refractivity contribution >= 4 is 0 Å². The quantitative estimate of drug-likeness (QED) is 0.790. The van der Waals surface area contributed by atoms with E-state index in [9.17, 15) is 5.11 Å². The number of rotatable bonds is 2. The number of quaternary nitrogens is 1. The van der Waals surface area contributed by atoms with Crippen LogP contribution in [0.2, 0.25) is 0 Å². The maximum atomic E-state index is 11.0. The molecule has 1 aliphatic rings. The fourth-order valence-corrected chi connectivity index (χ4v) is 3.20. The van der Waals surface area contributed by atoms with Gasteiger partial charge in [-0.2, -0.15) is 0 Å². The Balaban J connectivity index is 2.26. The van der Waals surface area contributed by atoms with E-state index in [1.165, 1.54) is 0 Å². The summed E-state index contributed by atoms with van der Waals surface area (Å²) in [6, 6.07) is 10.7. The van der Waals surface area contributed by atoms with Gasteiger partial charge in [-0.25, -0.2) is 0 Å². The molecule has 1 saturated heterocycles. The average Bonchev–Trinajstić information content (AvgIpc) is 2.35. The first-order chi connectivity index (χ1) is 8.08. The second kappa shape index (κ2) is 4.79. The largest absolute Gasteiger partial charge is 0.384 e. The van der Waals surface area contributed by atoms with Gasteiger partial charge in [0.25, 0.3) is 0 Å². The number of hydrogen-bond donors (Lipinski definition) is 2. The van der Waals surface area contributed by atoms with Gasteiger partial charge in [0, 0.05) is 12.3 Å². The second-order valence-electron chi connectivity index (χ2n) is 5.51. The molecular formula is C15H24NO+. The lowest BCUT2D eigenvalue weighted by atomic mass is 9.74. The van der Waals surface area contributed by atoms with E-state index in [-0.39, 0.29) is 0 Å². The van der Waals surface area contributed by atoms with Crippen molar-refractivity contribution in [3.8, 4) is 0 Å². The minimum Gasteiger partial charge on any atom is -0.384 e. The van der Waals surface area contributed by atoms with Gasteiger partial charge < -0.3 is 10.0 Å². The zero-order valence-electron chi connectivity index (χ0n) is 11.1. The van der Waals surface area contributed by atoms with Crippen LogP contribution in [0.3, 0.4) is 0 Å². The van der Waals surface area contributed by atoms with E-state index in [1.807, 2.05) is 18.2 Å². The highest BCUT2D eigenvalue weighted by Gasteiger charge is 2.45. The molecule has 1 aromatic rings. The number of nitrogens with one attached hydrogen (secondary N) is 1. The predicted molar refractivity (Wildman–Crippen MR) is 70.0 cm³/mol. The number of benzene rings is 1. The molecule has 0 aromatic heterocycles. The molecule has 0 amide bonds. The molecule has 1 fully saturated rings. The summed E-state index contributed by atoms with van der Waals surface area (Å²) in [5.41, 5.74) is 0.439. The van der Waals surface area contributed by atoms with E-state index in [0.29, 0.717) is 12.0 Å². The molecule has 1 aromatic carbocycles. The van der Waals surface area contributed by atoms with Crippen molar-refractivity contribution in [2.45, 2.75) is 38.8 Å². The zero-order valence-corrected chi connectivity index (χ0v) is 11.1. The van der Waals surface area contributed by atoms with Gasteiger partial charge in [-0.1, -0.05) is 37.3 Å². The summed E-state index contributed by atoms with van der Waals surface area (Å²) >= 11 is 0. The lowest BCUT2D eigenvalue weighted by Crippen LogP contribution is -3.17. The molecule has 0 radical (unpaired) electrons. The fraction of sp³-hybridized carbons (Fsp3) is 0.600. The van der Waals surface area contributed by atoms with Crippen molar-refractivity contribution in [2.24, 2.45) is 5.92 Å². The summed E-state index contributed by atoms with van der Waals surface area (Å²) in [5.74, 6) is 0.316. The lowest BCUT2D eigenvalue weighted by molar-refractivity contribution is -0.933. The van der Waals surface area contributed by atoms with Gasteiger partial charge >= 0.3 is 0 Å². The molecule has 0 aliphatic carbocycles. The summed E-state index contributed by atoms with van der Waals surface area (Å²) in [6.45, 7) is 8.86. The molecular weight excluding hydrogens is 210 g/mol. The molecule has 1 unspecified atom stereocenters. The summed E-state index contributed by atoms with van der Waals surface area (Å²) in [4.78, 5) is 1.61. The van der Waals surface area contributed by atoms with Crippen molar-refractivity contribution < 1.29 is 10.0 Å². The first kappa shape index (κ1) is 12.6. The third kappa shape index (κ3) is 2.24. The normalized spacial score (nSPS) is 38.0. The predicted octanol–water partition coefficient (Wildman–Crippen LogP) is 1.21. The molecule has 2 heteroatoms. The topological polar surface area (TPSA) is 24.7 Å². The first-order valence-electron chi connectivity index (χ1n) is 6.70. The standard InChI is InChI=1S/C15H23NO/c1-4-16-11-12(2)15(17,10-13(16)3)14-8-6-5-7-9-14/h5-9,12-13,17H,4,10-11H2,1-3H3/p+1/t12-,13-,15-/m0/s1. The van der Waals surface area contributed by atoms with Crippen molar-refractivity contribution in [3.63, 3.8) is 0 Å². The molecule has 2 N–H and O–H groups in total. The van der Waals surface area contributed by atoms with Crippen LogP contribution in [0, 0.1) is 5.92 Å². The number of piperidine rings is 1. The minimum absolute atomic E-state index is 0.316. The monoisotopic (exact) mass is 234 g/mol. The molecule has 1 aliphatic heterocycles. The van der Waals surface area contributed by atoms with Crippen LogP contribution in [0.1, 0.15) is 32.8 Å². The van der Waals surface area contributed by atoms with Crippen LogP contribution in [-0.4, -0.2) is 24.2 Å². The lowest BCUT2D eigenvalue weighted by Gasteiger charge is -2.44. The molecule has 17 heavy (non-hydrogen) atoms. The SMILES string of the molecule is CC[NH+]1C[C@H](C)[C@](O)(c2ccccc2)C[C@@H]1C. The maximum Gasteiger partial charge on any atom is 0.103 e. The van der Waals surface area contributed by atoms with E-state index in [0.717, 1.165) is 25.1 Å². The number of aliphatic hydroxyl groups is 1. The third-order valence-electron chi connectivity index (χ3n) is 4.43. The van der Waals surface area contributed by atoms with E-state index in [1.54, 1.807) is 4.90 Å².